The molecule has 0 aliphatic carbocycles. The summed E-state index contributed by atoms with van der Waals surface area (Å²) in [5, 5.41) is 4.45. The van der Waals surface area contributed by atoms with E-state index in [2.05, 4.69) is 46.5 Å². The summed E-state index contributed by atoms with van der Waals surface area (Å²) in [6.07, 6.45) is 8.23. The predicted octanol–water partition coefficient (Wildman–Crippen LogP) is 2.97. The molecule has 5 nitrogen and oxygen atoms in total. The Morgan fingerprint density at radius 1 is 1.36 bits per heavy atom. The van der Waals surface area contributed by atoms with Gasteiger partial charge in [0.1, 0.15) is 0 Å². The molecule has 3 aliphatic heterocycles. The van der Waals surface area contributed by atoms with Crippen molar-refractivity contribution in [1.29, 1.82) is 0 Å². The van der Waals surface area contributed by atoms with Crippen molar-refractivity contribution in [3.8, 4) is 0 Å². The Bertz CT molecular complexity index is 565. The lowest BCUT2D eigenvalue weighted by Crippen LogP contribution is -2.58. The molecular weight excluding hydrogens is 334 g/mol. The van der Waals surface area contributed by atoms with Gasteiger partial charge in [0.2, 0.25) is 0 Å². The van der Waals surface area contributed by atoms with Gasteiger partial charge in [0.25, 0.3) is 0 Å². The molecule has 4 rings (SSSR count). The quantitative estimate of drug-likeness (QED) is 0.775. The van der Waals surface area contributed by atoms with Crippen molar-refractivity contribution in [3.63, 3.8) is 0 Å². The summed E-state index contributed by atoms with van der Waals surface area (Å²) < 4.78 is 14.2. The van der Waals surface area contributed by atoms with Gasteiger partial charge in [-0.15, -0.1) is 11.8 Å². The Morgan fingerprint density at radius 2 is 2.16 bits per heavy atom. The number of thioether (sulfide) groups is 1. The van der Waals surface area contributed by atoms with Gasteiger partial charge in [-0.25, -0.2) is 0 Å². The molecule has 0 aromatic carbocycles. The molecule has 6 heteroatoms. The monoisotopic (exact) mass is 365 g/mol. The molecule has 0 bridgehead atoms. The molecule has 0 amide bonds. The van der Waals surface area contributed by atoms with Gasteiger partial charge in [-0.05, 0) is 39.0 Å². The molecule has 3 aliphatic rings. The number of hydrogen-bond acceptors (Lipinski definition) is 5. The molecule has 25 heavy (non-hydrogen) atoms. The van der Waals surface area contributed by atoms with Crippen molar-refractivity contribution < 1.29 is 9.47 Å². The summed E-state index contributed by atoms with van der Waals surface area (Å²) in [5.41, 5.74) is 1.33. The van der Waals surface area contributed by atoms with E-state index in [9.17, 15) is 0 Å². The van der Waals surface area contributed by atoms with Gasteiger partial charge in [-0.2, -0.15) is 5.10 Å². The van der Waals surface area contributed by atoms with Crippen LogP contribution in [-0.4, -0.2) is 64.2 Å². The third-order valence-corrected chi connectivity index (χ3v) is 7.27. The zero-order valence-electron chi connectivity index (χ0n) is 15.5. The second kappa shape index (κ2) is 7.59. The Labute approximate surface area is 155 Å². The topological polar surface area (TPSA) is 39.5 Å². The summed E-state index contributed by atoms with van der Waals surface area (Å²) in [7, 11) is 0. The Morgan fingerprint density at radius 3 is 2.88 bits per heavy atom. The van der Waals surface area contributed by atoms with Crippen molar-refractivity contribution in [1.82, 2.24) is 14.7 Å². The van der Waals surface area contributed by atoms with E-state index in [4.69, 9.17) is 9.47 Å². The molecule has 0 radical (unpaired) electrons. The summed E-state index contributed by atoms with van der Waals surface area (Å²) in [4.78, 5) is 2.55. The fraction of sp³-hybridized carbons (Fsp3) is 0.842. The fourth-order valence-corrected chi connectivity index (χ4v) is 5.80. The Hall–Kier alpha value is -0.560. The Balaban J connectivity index is 1.19. The second-order valence-electron chi connectivity index (χ2n) is 8.28. The van der Waals surface area contributed by atoms with Crippen molar-refractivity contribution in [3.05, 3.63) is 18.0 Å². The molecular formula is C19H31N3O2S. The maximum Gasteiger partial charge on any atom is 0.0680 e. The zero-order chi connectivity index (χ0) is 17.3. The van der Waals surface area contributed by atoms with Crippen LogP contribution in [0.3, 0.4) is 0 Å². The molecule has 1 aromatic heterocycles. The van der Waals surface area contributed by atoms with E-state index in [1.165, 1.54) is 43.7 Å². The minimum Gasteiger partial charge on any atom is -0.381 e. The van der Waals surface area contributed by atoms with Gasteiger partial charge < -0.3 is 9.47 Å². The SMILES string of the molecule is CC(C)n1cc(CN2CC3(C[C@@H](OCC4CCOCC4)CS3)C2)cn1. The van der Waals surface area contributed by atoms with Crippen LogP contribution in [0.2, 0.25) is 0 Å². The van der Waals surface area contributed by atoms with E-state index in [-0.39, 0.29) is 0 Å². The van der Waals surface area contributed by atoms with E-state index in [1.54, 1.807) is 0 Å². The van der Waals surface area contributed by atoms with Crippen LogP contribution in [0.4, 0.5) is 0 Å². The highest BCUT2D eigenvalue weighted by Gasteiger charge is 2.49. The largest absolute Gasteiger partial charge is 0.381 e. The summed E-state index contributed by atoms with van der Waals surface area (Å²) in [6.45, 7) is 10.5. The highest BCUT2D eigenvalue weighted by atomic mass is 32.2. The average Bonchev–Trinajstić information content (AvgIpc) is 3.21. The van der Waals surface area contributed by atoms with Crippen LogP contribution in [0.5, 0.6) is 0 Å². The first-order valence-electron chi connectivity index (χ1n) is 9.71. The third kappa shape index (κ3) is 4.24. The molecule has 4 heterocycles. The molecule has 1 aromatic rings. The summed E-state index contributed by atoms with van der Waals surface area (Å²) in [5.74, 6) is 1.88. The molecule has 3 saturated heterocycles. The molecule has 1 atom stereocenters. The molecule has 0 saturated carbocycles. The van der Waals surface area contributed by atoms with Crippen molar-refractivity contribution in [2.45, 2.75) is 56.5 Å². The van der Waals surface area contributed by atoms with Gasteiger partial charge in [-0.3, -0.25) is 9.58 Å². The van der Waals surface area contributed by atoms with Crippen LogP contribution < -0.4 is 0 Å². The van der Waals surface area contributed by atoms with Gasteiger partial charge in [0.05, 0.1) is 12.3 Å². The average molecular weight is 366 g/mol. The standard InChI is InChI=1S/C19H31N3O2S/c1-15(2)22-10-17(8-20-22)9-21-13-19(14-21)7-18(12-25-19)24-11-16-3-5-23-6-4-16/h8,10,15-16,18H,3-7,9,11-14H2,1-2H3/t18-/m1/s1. The fourth-order valence-electron chi connectivity index (χ4n) is 4.20. The van der Waals surface area contributed by atoms with Crippen LogP contribution >= 0.6 is 11.8 Å². The van der Waals surface area contributed by atoms with Crippen molar-refractivity contribution >= 4 is 11.8 Å². The van der Waals surface area contributed by atoms with E-state index >= 15 is 0 Å². The highest BCUT2D eigenvalue weighted by Crippen LogP contribution is 2.46. The van der Waals surface area contributed by atoms with Crippen LogP contribution in [0.1, 0.15) is 44.7 Å². The highest BCUT2D eigenvalue weighted by molar-refractivity contribution is 8.01. The molecule has 3 fully saturated rings. The van der Waals surface area contributed by atoms with Crippen molar-refractivity contribution in [2.24, 2.45) is 5.92 Å². The molecule has 1 spiro atoms. The van der Waals surface area contributed by atoms with Crippen LogP contribution in [0.25, 0.3) is 0 Å². The van der Waals surface area contributed by atoms with E-state index in [0.29, 0.717) is 22.8 Å². The smallest absolute Gasteiger partial charge is 0.0680 e. The number of hydrogen-bond donors (Lipinski definition) is 0. The van der Waals surface area contributed by atoms with Crippen LogP contribution in [-0.2, 0) is 16.0 Å². The maximum atomic E-state index is 6.25. The van der Waals surface area contributed by atoms with Crippen LogP contribution in [0, 0.1) is 5.92 Å². The molecule has 0 N–H and O–H groups in total. The third-order valence-electron chi connectivity index (χ3n) is 5.70. The van der Waals surface area contributed by atoms with Gasteiger partial charge in [-0.1, -0.05) is 0 Å². The molecule has 140 valence electrons. The summed E-state index contributed by atoms with van der Waals surface area (Å²) >= 11 is 2.14. The number of ether oxygens (including phenoxy) is 2. The first-order valence-corrected chi connectivity index (χ1v) is 10.7. The van der Waals surface area contributed by atoms with Gasteiger partial charge in [0.15, 0.2) is 0 Å². The lowest BCUT2D eigenvalue weighted by Gasteiger charge is -2.47. The predicted molar refractivity (Wildman–Crippen MR) is 101 cm³/mol. The van der Waals surface area contributed by atoms with E-state index in [1.807, 2.05) is 6.20 Å². The van der Waals surface area contributed by atoms with E-state index < -0.39 is 0 Å². The lowest BCUT2D eigenvalue weighted by atomic mass is 9.92. The first kappa shape index (κ1) is 17.8. The van der Waals surface area contributed by atoms with E-state index in [0.717, 1.165) is 26.4 Å². The maximum absolute atomic E-state index is 6.25. The van der Waals surface area contributed by atoms with Crippen LogP contribution in [0.15, 0.2) is 12.4 Å². The number of nitrogens with zero attached hydrogens (tertiary/aromatic N) is 3. The van der Waals surface area contributed by atoms with Gasteiger partial charge >= 0.3 is 0 Å². The lowest BCUT2D eigenvalue weighted by molar-refractivity contribution is -0.0133. The number of likely N-dealkylation sites (tertiary alicyclic amines) is 1. The molecule has 0 unspecified atom stereocenters. The first-order chi connectivity index (χ1) is 12.1. The minimum atomic E-state index is 0.440. The minimum absolute atomic E-state index is 0.440. The second-order valence-corrected chi connectivity index (χ2v) is 9.76. The van der Waals surface area contributed by atoms with Crippen molar-refractivity contribution in [2.75, 3.05) is 38.7 Å². The normalized spacial score (nSPS) is 27.2. The zero-order valence-corrected chi connectivity index (χ0v) is 16.3. The van der Waals surface area contributed by atoms with Gasteiger partial charge in [0, 0.05) is 67.8 Å². The number of rotatable bonds is 6. The number of aromatic nitrogens is 2. The summed E-state index contributed by atoms with van der Waals surface area (Å²) in [6, 6.07) is 0.440. The Kier molecular flexibility index (Phi) is 5.41.